The second-order valence-corrected chi connectivity index (χ2v) is 7.82. The van der Waals surface area contributed by atoms with Crippen LogP contribution in [0.25, 0.3) is 6.08 Å². The zero-order valence-corrected chi connectivity index (χ0v) is 16.2. The fourth-order valence-corrected chi connectivity index (χ4v) is 4.01. The van der Waals surface area contributed by atoms with Gasteiger partial charge in [-0.15, -0.1) is 0 Å². The summed E-state index contributed by atoms with van der Waals surface area (Å²) < 4.78 is 26.3. The minimum Gasteiger partial charge on any atom is -0.321 e. The van der Waals surface area contributed by atoms with Crippen molar-refractivity contribution in [2.24, 2.45) is 0 Å². The Labute approximate surface area is 159 Å². The van der Waals surface area contributed by atoms with E-state index in [1.165, 1.54) is 16.4 Å². The summed E-state index contributed by atoms with van der Waals surface area (Å²) in [6.07, 6.45) is 1.57. The van der Waals surface area contributed by atoms with Gasteiger partial charge in [-0.1, -0.05) is 55.8 Å². The summed E-state index contributed by atoms with van der Waals surface area (Å²) >= 11 is 6.05. The molecule has 0 aromatic heterocycles. The first-order chi connectivity index (χ1) is 12.4. The molecule has 7 heteroatoms. The number of carbonyl (C=O) groups is 1. The molecule has 0 heterocycles. The number of anilines is 1. The Bertz CT molecular complexity index is 875. The van der Waals surface area contributed by atoms with Gasteiger partial charge in [0.25, 0.3) is 5.91 Å². The second-order valence-electron chi connectivity index (χ2n) is 5.47. The van der Waals surface area contributed by atoms with Crippen LogP contribution in [0.15, 0.2) is 64.5 Å². The van der Waals surface area contributed by atoms with Crippen molar-refractivity contribution in [2.75, 3.05) is 18.4 Å². The van der Waals surface area contributed by atoms with Gasteiger partial charge in [-0.3, -0.25) is 4.79 Å². The van der Waals surface area contributed by atoms with Crippen LogP contribution >= 0.6 is 11.6 Å². The molecule has 0 atom stereocenters. The minimum atomic E-state index is -3.52. The molecule has 0 saturated carbocycles. The van der Waals surface area contributed by atoms with Gasteiger partial charge in [-0.05, 0) is 35.9 Å². The molecule has 1 N–H and O–H groups in total. The number of benzene rings is 2. The molecule has 0 aliphatic heterocycles. The third-order valence-electron chi connectivity index (χ3n) is 3.77. The highest BCUT2D eigenvalue weighted by atomic mass is 35.5. The smallest absolute Gasteiger partial charge is 0.267 e. The minimum absolute atomic E-state index is 0.0380. The molecule has 2 aromatic rings. The van der Waals surface area contributed by atoms with Crippen LogP contribution in [0, 0.1) is 0 Å². The molecule has 0 spiro atoms. The van der Waals surface area contributed by atoms with E-state index < -0.39 is 15.9 Å². The zero-order valence-electron chi connectivity index (χ0n) is 14.6. The van der Waals surface area contributed by atoms with E-state index in [4.69, 9.17) is 11.6 Å². The Morgan fingerprint density at radius 2 is 1.62 bits per heavy atom. The molecule has 0 bridgehead atoms. The van der Waals surface area contributed by atoms with E-state index in [2.05, 4.69) is 5.32 Å². The molecule has 0 unspecified atom stereocenters. The van der Waals surface area contributed by atoms with Crippen LogP contribution in [-0.2, 0) is 14.8 Å². The normalized spacial score (nSPS) is 12.2. The van der Waals surface area contributed by atoms with Crippen LogP contribution in [0.1, 0.15) is 19.4 Å². The summed E-state index contributed by atoms with van der Waals surface area (Å²) in [4.78, 5) is 12.3. The average molecular weight is 393 g/mol. The van der Waals surface area contributed by atoms with Crippen molar-refractivity contribution >= 4 is 39.3 Å². The Balaban J connectivity index is 2.12. The summed E-state index contributed by atoms with van der Waals surface area (Å²) in [6.45, 7) is 4.38. The second kappa shape index (κ2) is 8.98. The highest BCUT2D eigenvalue weighted by Gasteiger charge is 2.21. The number of rotatable bonds is 7. The van der Waals surface area contributed by atoms with Crippen molar-refractivity contribution in [3.05, 3.63) is 65.2 Å². The molecule has 2 aromatic carbocycles. The maximum absolute atomic E-state index is 12.4. The molecule has 0 saturated heterocycles. The lowest BCUT2D eigenvalue weighted by Crippen LogP contribution is -2.30. The summed E-state index contributed by atoms with van der Waals surface area (Å²) in [6, 6.07) is 15.3. The van der Waals surface area contributed by atoms with Gasteiger partial charge >= 0.3 is 0 Å². The van der Waals surface area contributed by atoms with E-state index in [9.17, 15) is 13.2 Å². The van der Waals surface area contributed by atoms with Gasteiger partial charge in [0, 0.05) is 18.8 Å². The number of nitrogens with one attached hydrogen (secondary N) is 1. The predicted octanol–water partition coefficient (Wildman–Crippen LogP) is 3.94. The van der Waals surface area contributed by atoms with E-state index in [0.29, 0.717) is 18.8 Å². The summed E-state index contributed by atoms with van der Waals surface area (Å²) in [5.41, 5.74) is 1.28. The molecule has 1 amide bonds. The Hall–Kier alpha value is -2.15. The van der Waals surface area contributed by atoms with Crippen LogP contribution in [0.4, 0.5) is 5.69 Å². The van der Waals surface area contributed by atoms with Gasteiger partial charge in [-0.25, -0.2) is 8.42 Å². The quantitative estimate of drug-likeness (QED) is 0.726. The third-order valence-corrected chi connectivity index (χ3v) is 6.11. The molecule has 2 rings (SSSR count). The lowest BCUT2D eigenvalue weighted by molar-refractivity contribution is -0.112. The third kappa shape index (κ3) is 4.94. The molecule has 0 radical (unpaired) electrons. The lowest BCUT2D eigenvalue weighted by atomic mass is 10.2. The maximum atomic E-state index is 12.4. The summed E-state index contributed by atoms with van der Waals surface area (Å²) in [7, 11) is -3.52. The van der Waals surface area contributed by atoms with Crippen molar-refractivity contribution in [3.8, 4) is 0 Å². The number of sulfonamides is 1. The first-order valence-corrected chi connectivity index (χ1v) is 10.0. The standard InChI is InChI=1S/C19H21ClN2O3S/c1-3-22(4-2)26(24,25)17-12-10-16(11-13-17)21-19(23)18(20)14-15-8-6-5-7-9-15/h5-14H,3-4H2,1-2H3,(H,21,23). The molecule has 26 heavy (non-hydrogen) atoms. The number of hydrogen-bond donors (Lipinski definition) is 1. The van der Waals surface area contributed by atoms with Gasteiger partial charge in [0.2, 0.25) is 10.0 Å². The van der Waals surface area contributed by atoms with Crippen molar-refractivity contribution in [2.45, 2.75) is 18.7 Å². The Morgan fingerprint density at radius 1 is 1.04 bits per heavy atom. The first-order valence-electron chi connectivity index (χ1n) is 8.22. The van der Waals surface area contributed by atoms with Crippen molar-refractivity contribution in [3.63, 3.8) is 0 Å². The molecular weight excluding hydrogens is 372 g/mol. The average Bonchev–Trinajstić information content (AvgIpc) is 2.63. The first kappa shape index (κ1) is 20.2. The zero-order chi connectivity index (χ0) is 19.2. The van der Waals surface area contributed by atoms with E-state index >= 15 is 0 Å². The number of carbonyl (C=O) groups excluding carboxylic acids is 1. The largest absolute Gasteiger partial charge is 0.321 e. The van der Waals surface area contributed by atoms with Crippen molar-refractivity contribution in [1.29, 1.82) is 0 Å². The molecule has 0 aliphatic carbocycles. The maximum Gasteiger partial charge on any atom is 0.267 e. The highest BCUT2D eigenvalue weighted by Crippen LogP contribution is 2.19. The molecule has 138 valence electrons. The van der Waals surface area contributed by atoms with Crippen LogP contribution in [-0.4, -0.2) is 31.7 Å². The molecular formula is C19H21ClN2O3S. The van der Waals surface area contributed by atoms with E-state index in [1.54, 1.807) is 32.1 Å². The van der Waals surface area contributed by atoms with Crippen LogP contribution in [0.2, 0.25) is 0 Å². The van der Waals surface area contributed by atoms with E-state index in [1.807, 2.05) is 30.3 Å². The fourth-order valence-electron chi connectivity index (χ4n) is 2.37. The van der Waals surface area contributed by atoms with Gasteiger partial charge in [0.05, 0.1) is 4.90 Å². The van der Waals surface area contributed by atoms with Gasteiger partial charge in [-0.2, -0.15) is 4.31 Å². The number of hydrogen-bond acceptors (Lipinski definition) is 3. The number of halogens is 1. The molecule has 5 nitrogen and oxygen atoms in total. The summed E-state index contributed by atoms with van der Waals surface area (Å²) in [5.74, 6) is -0.463. The van der Waals surface area contributed by atoms with E-state index in [-0.39, 0.29) is 9.93 Å². The SMILES string of the molecule is CCN(CC)S(=O)(=O)c1ccc(NC(=O)C(Cl)=Cc2ccccc2)cc1. The monoisotopic (exact) mass is 392 g/mol. The topological polar surface area (TPSA) is 66.5 Å². The fraction of sp³-hybridized carbons (Fsp3) is 0.211. The van der Waals surface area contributed by atoms with Gasteiger partial charge in [0.1, 0.15) is 5.03 Å². The molecule has 0 aliphatic rings. The van der Waals surface area contributed by atoms with Crippen LogP contribution in [0.5, 0.6) is 0 Å². The Morgan fingerprint density at radius 3 is 2.15 bits per heavy atom. The van der Waals surface area contributed by atoms with Crippen LogP contribution in [0.3, 0.4) is 0 Å². The predicted molar refractivity (Wildman–Crippen MR) is 105 cm³/mol. The van der Waals surface area contributed by atoms with Crippen molar-refractivity contribution in [1.82, 2.24) is 4.31 Å². The van der Waals surface area contributed by atoms with Gasteiger partial charge < -0.3 is 5.32 Å². The van der Waals surface area contributed by atoms with Crippen molar-refractivity contribution < 1.29 is 13.2 Å². The van der Waals surface area contributed by atoms with E-state index in [0.717, 1.165) is 5.56 Å². The molecule has 0 fully saturated rings. The summed E-state index contributed by atoms with van der Waals surface area (Å²) in [5, 5.41) is 2.69. The Kier molecular flexibility index (Phi) is 6.97. The van der Waals surface area contributed by atoms with Crippen LogP contribution < -0.4 is 5.32 Å². The number of nitrogens with zero attached hydrogens (tertiary/aromatic N) is 1. The van der Waals surface area contributed by atoms with Gasteiger partial charge in [0.15, 0.2) is 0 Å². The number of amides is 1. The lowest BCUT2D eigenvalue weighted by Gasteiger charge is -2.18. The highest BCUT2D eigenvalue weighted by molar-refractivity contribution is 7.89.